The summed E-state index contributed by atoms with van der Waals surface area (Å²) < 4.78 is 0. The van der Waals surface area contributed by atoms with Gasteiger partial charge in [0.2, 0.25) is 5.91 Å². The molecule has 94 valence electrons. The van der Waals surface area contributed by atoms with Crippen LogP contribution in [0.5, 0.6) is 0 Å². The molecule has 0 bridgehead atoms. The van der Waals surface area contributed by atoms with Crippen molar-refractivity contribution in [1.82, 2.24) is 5.32 Å². The first-order valence-electron chi connectivity index (χ1n) is 5.82. The third kappa shape index (κ3) is 5.29. The molecule has 16 heavy (non-hydrogen) atoms. The molecule has 0 aromatic heterocycles. The molecule has 0 saturated heterocycles. The molecule has 0 spiro atoms. The zero-order valence-corrected chi connectivity index (χ0v) is 11.4. The van der Waals surface area contributed by atoms with Gasteiger partial charge in [-0.2, -0.15) is 0 Å². The molecule has 0 atom stereocenters. The van der Waals surface area contributed by atoms with E-state index >= 15 is 0 Å². The maximum atomic E-state index is 11.5. The van der Waals surface area contributed by atoms with Crippen molar-refractivity contribution < 1.29 is 9.59 Å². The van der Waals surface area contributed by atoms with Gasteiger partial charge in [0.15, 0.2) is 0 Å². The van der Waals surface area contributed by atoms with E-state index in [-0.39, 0.29) is 22.5 Å². The Bertz CT molecular complexity index is 262. The van der Waals surface area contributed by atoms with Gasteiger partial charge in [-0.25, -0.2) is 0 Å². The van der Waals surface area contributed by atoms with Crippen LogP contribution in [0.25, 0.3) is 0 Å². The number of amides is 1. The van der Waals surface area contributed by atoms with Crippen LogP contribution in [0.3, 0.4) is 0 Å². The van der Waals surface area contributed by atoms with E-state index in [2.05, 4.69) is 39.9 Å². The van der Waals surface area contributed by atoms with Crippen molar-refractivity contribution in [2.75, 3.05) is 6.54 Å². The van der Waals surface area contributed by atoms with Crippen LogP contribution in [0.15, 0.2) is 0 Å². The molecule has 0 unspecified atom stereocenters. The molecular formula is C13H25NO2. The topological polar surface area (TPSA) is 46.2 Å². The van der Waals surface area contributed by atoms with Crippen LogP contribution in [-0.4, -0.2) is 18.2 Å². The second kappa shape index (κ2) is 5.46. The fourth-order valence-corrected chi connectivity index (χ4v) is 0.963. The summed E-state index contributed by atoms with van der Waals surface area (Å²) in [5.41, 5.74) is 0.180. The highest BCUT2D eigenvalue weighted by Gasteiger charge is 2.32. The summed E-state index contributed by atoms with van der Waals surface area (Å²) in [4.78, 5) is 22.2. The van der Waals surface area contributed by atoms with E-state index in [1.54, 1.807) is 0 Å². The summed E-state index contributed by atoms with van der Waals surface area (Å²) in [7, 11) is 0. The maximum Gasteiger partial charge on any atom is 0.220 e. The molecule has 0 fully saturated rings. The van der Waals surface area contributed by atoms with Gasteiger partial charge in [-0.3, -0.25) is 4.79 Å². The Balaban J connectivity index is 4.06. The maximum absolute atomic E-state index is 11.5. The van der Waals surface area contributed by atoms with Crippen molar-refractivity contribution in [3.8, 4) is 0 Å². The summed E-state index contributed by atoms with van der Waals surface area (Å²) in [6, 6.07) is 0. The third-order valence-corrected chi connectivity index (χ3v) is 3.46. The Labute approximate surface area is 99.0 Å². The second-order valence-electron chi connectivity index (χ2n) is 6.11. The van der Waals surface area contributed by atoms with E-state index in [4.69, 9.17) is 0 Å². The van der Waals surface area contributed by atoms with Gasteiger partial charge in [-0.05, 0) is 17.8 Å². The highest BCUT2D eigenvalue weighted by Crippen LogP contribution is 2.36. The lowest BCUT2D eigenvalue weighted by Gasteiger charge is -2.38. The Morgan fingerprint density at radius 3 is 1.88 bits per heavy atom. The molecule has 0 rings (SSSR count). The van der Waals surface area contributed by atoms with Crippen LogP contribution in [0.4, 0.5) is 0 Å². The van der Waals surface area contributed by atoms with Crippen molar-refractivity contribution in [2.24, 2.45) is 10.8 Å². The van der Waals surface area contributed by atoms with Crippen LogP contribution in [0.2, 0.25) is 0 Å². The minimum Gasteiger partial charge on any atom is -0.356 e. The monoisotopic (exact) mass is 227 g/mol. The van der Waals surface area contributed by atoms with Gasteiger partial charge in [0.05, 0.1) is 0 Å². The Kier molecular flexibility index (Phi) is 5.17. The van der Waals surface area contributed by atoms with Gasteiger partial charge >= 0.3 is 0 Å². The number of rotatable bonds is 5. The normalized spacial score (nSPS) is 12.4. The van der Waals surface area contributed by atoms with Gasteiger partial charge in [0, 0.05) is 19.4 Å². The number of hydrogen-bond donors (Lipinski definition) is 1. The number of hydrogen-bond acceptors (Lipinski definition) is 2. The quantitative estimate of drug-likeness (QED) is 0.784. The fourth-order valence-electron chi connectivity index (χ4n) is 0.963. The van der Waals surface area contributed by atoms with Gasteiger partial charge in [0.25, 0.3) is 0 Å². The molecular weight excluding hydrogens is 202 g/mol. The van der Waals surface area contributed by atoms with Crippen LogP contribution in [0, 0.1) is 10.8 Å². The lowest BCUT2D eigenvalue weighted by atomic mass is 9.69. The number of carbonyl (C=O) groups is 2. The molecule has 0 saturated carbocycles. The highest BCUT2D eigenvalue weighted by molar-refractivity contribution is 5.83. The van der Waals surface area contributed by atoms with Crippen molar-refractivity contribution in [3.63, 3.8) is 0 Å². The van der Waals surface area contributed by atoms with Crippen molar-refractivity contribution >= 4 is 11.7 Å². The van der Waals surface area contributed by atoms with Crippen LogP contribution >= 0.6 is 0 Å². The Hall–Kier alpha value is -0.860. The molecule has 0 heterocycles. The Morgan fingerprint density at radius 1 is 1.00 bits per heavy atom. The zero-order valence-electron chi connectivity index (χ0n) is 11.4. The highest BCUT2D eigenvalue weighted by atomic mass is 16.2. The minimum atomic E-state index is -0.0347. The van der Waals surface area contributed by atoms with Gasteiger partial charge < -0.3 is 10.1 Å². The molecule has 3 nitrogen and oxygen atoms in total. The molecule has 0 aromatic carbocycles. The van der Waals surface area contributed by atoms with Gasteiger partial charge in [-0.1, -0.05) is 34.6 Å². The first-order chi connectivity index (χ1) is 7.06. The fraction of sp³-hybridized carbons (Fsp3) is 0.846. The van der Waals surface area contributed by atoms with Crippen LogP contribution in [-0.2, 0) is 9.59 Å². The molecule has 1 N–H and O–H groups in total. The number of carbonyl (C=O) groups excluding carboxylic acids is 2. The lowest BCUT2D eigenvalue weighted by molar-refractivity contribution is -0.125. The predicted octanol–water partition coefficient (Wildman–Crippen LogP) is 2.54. The summed E-state index contributed by atoms with van der Waals surface area (Å²) in [5.74, 6) is 0.0257. The zero-order chi connectivity index (χ0) is 13.0. The molecule has 0 aliphatic heterocycles. The second-order valence-corrected chi connectivity index (χ2v) is 6.11. The van der Waals surface area contributed by atoms with E-state index in [1.807, 2.05) is 0 Å². The average molecular weight is 227 g/mol. The van der Waals surface area contributed by atoms with Crippen LogP contribution in [0.1, 0.15) is 54.4 Å². The minimum absolute atomic E-state index is 0.0347. The Morgan fingerprint density at radius 2 is 1.50 bits per heavy atom. The summed E-state index contributed by atoms with van der Waals surface area (Å²) in [6.45, 7) is 12.9. The van der Waals surface area contributed by atoms with E-state index in [1.165, 1.54) is 6.92 Å². The molecule has 0 aliphatic carbocycles. The average Bonchev–Trinajstić information content (AvgIpc) is 2.09. The van der Waals surface area contributed by atoms with Crippen molar-refractivity contribution in [3.05, 3.63) is 0 Å². The largest absolute Gasteiger partial charge is 0.356 e. The van der Waals surface area contributed by atoms with Crippen LogP contribution < -0.4 is 5.32 Å². The van der Waals surface area contributed by atoms with Gasteiger partial charge in [-0.15, -0.1) is 0 Å². The molecule has 0 aliphatic rings. The molecule has 0 aromatic rings. The summed E-state index contributed by atoms with van der Waals surface area (Å²) in [5, 5.41) is 2.89. The SMILES string of the molecule is CC(=O)CCC(=O)NCC(C)(C)C(C)(C)C. The number of ketones is 1. The van der Waals surface area contributed by atoms with Crippen molar-refractivity contribution in [1.29, 1.82) is 0 Å². The standard InChI is InChI=1S/C13H25NO2/c1-10(15)7-8-11(16)14-9-13(5,6)12(2,3)4/h7-9H2,1-6H3,(H,14,16). The van der Waals surface area contributed by atoms with E-state index in [0.29, 0.717) is 19.4 Å². The summed E-state index contributed by atoms with van der Waals surface area (Å²) in [6.07, 6.45) is 0.636. The summed E-state index contributed by atoms with van der Waals surface area (Å²) >= 11 is 0. The smallest absolute Gasteiger partial charge is 0.220 e. The molecule has 0 radical (unpaired) electrons. The van der Waals surface area contributed by atoms with E-state index in [0.717, 1.165) is 0 Å². The van der Waals surface area contributed by atoms with E-state index < -0.39 is 0 Å². The van der Waals surface area contributed by atoms with Gasteiger partial charge in [0.1, 0.15) is 5.78 Å². The number of Topliss-reactive ketones (excluding diaryl/α,β-unsaturated/α-hetero) is 1. The lowest BCUT2D eigenvalue weighted by Crippen LogP contribution is -2.41. The third-order valence-electron chi connectivity index (χ3n) is 3.46. The number of nitrogens with one attached hydrogen (secondary N) is 1. The first-order valence-corrected chi connectivity index (χ1v) is 5.82. The van der Waals surface area contributed by atoms with Crippen molar-refractivity contribution in [2.45, 2.75) is 54.4 Å². The molecule has 1 amide bonds. The first kappa shape index (κ1) is 15.1. The predicted molar refractivity (Wildman–Crippen MR) is 66.2 cm³/mol. The van der Waals surface area contributed by atoms with E-state index in [9.17, 15) is 9.59 Å². The molecule has 3 heteroatoms.